The van der Waals surface area contributed by atoms with Crippen molar-refractivity contribution in [2.45, 2.75) is 25.8 Å². The average Bonchev–Trinajstić information content (AvgIpc) is 3.17. The third kappa shape index (κ3) is 2.74. The molecule has 1 saturated heterocycles. The van der Waals surface area contributed by atoms with E-state index in [4.69, 9.17) is 16.0 Å². The fourth-order valence-electron chi connectivity index (χ4n) is 3.70. The van der Waals surface area contributed by atoms with Crippen LogP contribution in [0.3, 0.4) is 0 Å². The third-order valence-corrected chi connectivity index (χ3v) is 5.36. The van der Waals surface area contributed by atoms with E-state index in [-0.39, 0.29) is 5.91 Å². The van der Waals surface area contributed by atoms with Gasteiger partial charge in [-0.3, -0.25) is 4.79 Å². The van der Waals surface area contributed by atoms with Crippen LogP contribution in [0.2, 0.25) is 5.02 Å². The lowest BCUT2D eigenvalue weighted by Crippen LogP contribution is -2.25. The zero-order valence-corrected chi connectivity index (χ0v) is 14.6. The van der Waals surface area contributed by atoms with Gasteiger partial charge < -0.3 is 14.2 Å². The van der Waals surface area contributed by atoms with Crippen LogP contribution in [-0.2, 0) is 17.8 Å². The Morgan fingerprint density at radius 3 is 2.79 bits per heavy atom. The van der Waals surface area contributed by atoms with Crippen LogP contribution in [0, 0.1) is 0 Å². The second-order valence-corrected chi connectivity index (χ2v) is 7.10. The Bertz CT molecular complexity index is 818. The van der Waals surface area contributed by atoms with E-state index in [2.05, 4.69) is 11.9 Å². The highest BCUT2D eigenvalue weighted by molar-refractivity contribution is 6.32. The summed E-state index contributed by atoms with van der Waals surface area (Å²) in [6, 6.07) is 3.83. The second kappa shape index (κ2) is 6.26. The summed E-state index contributed by atoms with van der Waals surface area (Å²) >= 11 is 6.41. The first-order valence-corrected chi connectivity index (χ1v) is 8.89. The number of amides is 1. The normalized spacial score (nSPS) is 18.7. The van der Waals surface area contributed by atoms with Gasteiger partial charge in [-0.15, -0.1) is 0 Å². The van der Waals surface area contributed by atoms with E-state index in [0.717, 1.165) is 78.3 Å². The van der Waals surface area contributed by atoms with Gasteiger partial charge in [0.1, 0.15) is 11.3 Å². The van der Waals surface area contributed by atoms with Crippen molar-refractivity contribution in [1.29, 1.82) is 0 Å². The predicted molar refractivity (Wildman–Crippen MR) is 96.1 cm³/mol. The van der Waals surface area contributed by atoms with E-state index in [1.54, 1.807) is 6.08 Å². The number of carbonyl (C=O) groups excluding carboxylic acids is 1. The van der Waals surface area contributed by atoms with Gasteiger partial charge >= 0.3 is 0 Å². The van der Waals surface area contributed by atoms with Crippen LogP contribution in [-0.4, -0.2) is 42.4 Å². The van der Waals surface area contributed by atoms with Gasteiger partial charge in [-0.1, -0.05) is 11.6 Å². The van der Waals surface area contributed by atoms with E-state index in [1.807, 2.05) is 23.1 Å². The first-order chi connectivity index (χ1) is 11.6. The molecule has 0 spiro atoms. The van der Waals surface area contributed by atoms with Gasteiger partial charge in [0, 0.05) is 48.2 Å². The maximum atomic E-state index is 12.3. The quantitative estimate of drug-likeness (QED) is 0.779. The molecule has 0 bridgehead atoms. The van der Waals surface area contributed by atoms with Crippen molar-refractivity contribution < 1.29 is 9.21 Å². The van der Waals surface area contributed by atoms with Gasteiger partial charge in [-0.25, -0.2) is 0 Å². The van der Waals surface area contributed by atoms with Crippen molar-refractivity contribution >= 4 is 34.6 Å². The van der Waals surface area contributed by atoms with Gasteiger partial charge in [0.05, 0.1) is 0 Å². The van der Waals surface area contributed by atoms with Crippen LogP contribution >= 0.6 is 11.6 Å². The molecule has 4 nitrogen and oxygen atoms in total. The largest absolute Gasteiger partial charge is 0.456 e. The van der Waals surface area contributed by atoms with Gasteiger partial charge in [0.2, 0.25) is 5.91 Å². The minimum absolute atomic E-state index is 0.0698. The summed E-state index contributed by atoms with van der Waals surface area (Å²) in [6.07, 6.45) is 6.58. The summed E-state index contributed by atoms with van der Waals surface area (Å²) in [5.74, 6) is 0.843. The van der Waals surface area contributed by atoms with Crippen LogP contribution in [0.25, 0.3) is 17.0 Å². The van der Waals surface area contributed by atoms with Gasteiger partial charge in [-0.2, -0.15) is 0 Å². The van der Waals surface area contributed by atoms with Crippen LogP contribution in [0.4, 0.5) is 0 Å². The summed E-state index contributed by atoms with van der Waals surface area (Å²) in [5, 5.41) is 1.92. The molecule has 0 unspecified atom stereocenters. The van der Waals surface area contributed by atoms with Gasteiger partial charge in [0.25, 0.3) is 0 Å². The Hall–Kier alpha value is -1.78. The molecule has 1 amide bonds. The molecule has 1 aromatic carbocycles. The maximum absolute atomic E-state index is 12.3. The number of carbonyl (C=O) groups is 1. The lowest BCUT2D eigenvalue weighted by Gasteiger charge is -2.13. The van der Waals surface area contributed by atoms with E-state index in [1.165, 1.54) is 0 Å². The number of nitrogens with zero attached hydrogens (tertiary/aromatic N) is 2. The van der Waals surface area contributed by atoms with E-state index in [0.29, 0.717) is 0 Å². The Morgan fingerprint density at radius 2 is 2.00 bits per heavy atom. The van der Waals surface area contributed by atoms with Crippen LogP contribution in [0.15, 0.2) is 22.6 Å². The lowest BCUT2D eigenvalue weighted by molar-refractivity contribution is -0.124. The molecule has 0 atom stereocenters. The Kier molecular flexibility index (Phi) is 4.10. The predicted octanol–water partition coefficient (Wildman–Crippen LogP) is 3.71. The molecule has 1 fully saturated rings. The zero-order valence-electron chi connectivity index (χ0n) is 13.8. The van der Waals surface area contributed by atoms with Crippen molar-refractivity contribution in [3.05, 3.63) is 40.1 Å². The molecule has 0 saturated carbocycles. The third-order valence-electron chi connectivity index (χ3n) is 5.00. The minimum Gasteiger partial charge on any atom is -0.456 e. The highest BCUT2D eigenvalue weighted by Gasteiger charge is 2.23. The maximum Gasteiger partial charge on any atom is 0.246 e. The smallest absolute Gasteiger partial charge is 0.246 e. The van der Waals surface area contributed by atoms with Crippen molar-refractivity contribution in [3.63, 3.8) is 0 Å². The van der Waals surface area contributed by atoms with Crippen LogP contribution in [0.5, 0.6) is 0 Å². The fourth-order valence-corrected chi connectivity index (χ4v) is 3.95. The second-order valence-electron chi connectivity index (χ2n) is 6.70. The molecule has 126 valence electrons. The van der Waals surface area contributed by atoms with Crippen molar-refractivity contribution in [1.82, 2.24) is 9.80 Å². The van der Waals surface area contributed by atoms with Crippen molar-refractivity contribution in [3.8, 4) is 0 Å². The summed E-state index contributed by atoms with van der Waals surface area (Å²) in [6.45, 7) is 3.48. The molecule has 2 aliphatic rings. The number of benzene rings is 1. The summed E-state index contributed by atoms with van der Waals surface area (Å²) in [5.41, 5.74) is 3.14. The highest BCUT2D eigenvalue weighted by atomic mass is 35.5. The highest BCUT2D eigenvalue weighted by Crippen LogP contribution is 2.36. The van der Waals surface area contributed by atoms with Crippen LogP contribution < -0.4 is 0 Å². The van der Waals surface area contributed by atoms with Crippen molar-refractivity contribution in [2.24, 2.45) is 0 Å². The Morgan fingerprint density at radius 1 is 1.21 bits per heavy atom. The fraction of sp³-hybridized carbons (Fsp3) is 0.421. The first-order valence-electron chi connectivity index (χ1n) is 8.52. The standard InChI is InChI=1S/C19H21ClN2O2/c1-21-11-8-13-15(20)4-5-17-19(13)14(12-21)16(24-17)6-7-18(23)22-9-2-3-10-22/h4-7H,2-3,8-12H2,1H3/b7-6+. The molecular formula is C19H21ClN2O2. The van der Waals surface area contributed by atoms with E-state index >= 15 is 0 Å². The average molecular weight is 345 g/mol. The minimum atomic E-state index is 0.0698. The molecule has 0 radical (unpaired) electrons. The molecule has 2 aliphatic heterocycles. The molecule has 1 aromatic heterocycles. The topological polar surface area (TPSA) is 36.7 Å². The Labute approximate surface area is 146 Å². The summed E-state index contributed by atoms with van der Waals surface area (Å²) in [4.78, 5) is 16.4. The molecule has 0 N–H and O–H groups in total. The summed E-state index contributed by atoms with van der Waals surface area (Å²) in [7, 11) is 2.10. The van der Waals surface area contributed by atoms with Crippen molar-refractivity contribution in [2.75, 3.05) is 26.7 Å². The molecule has 24 heavy (non-hydrogen) atoms. The number of likely N-dealkylation sites (tertiary alicyclic amines) is 1. The summed E-state index contributed by atoms with van der Waals surface area (Å²) < 4.78 is 6.04. The lowest BCUT2D eigenvalue weighted by atomic mass is 10.0. The van der Waals surface area contributed by atoms with E-state index < -0.39 is 0 Å². The SMILES string of the molecule is CN1CCc2c(Cl)ccc3oc(/C=C/C(=O)N4CCCC4)c(c23)C1. The number of halogens is 1. The molecule has 0 aliphatic carbocycles. The molecule has 4 rings (SSSR count). The van der Waals surface area contributed by atoms with Crippen LogP contribution in [0.1, 0.15) is 29.7 Å². The molecule has 5 heteroatoms. The number of furan rings is 1. The van der Waals surface area contributed by atoms with Gasteiger partial charge in [0.15, 0.2) is 0 Å². The zero-order chi connectivity index (χ0) is 16.7. The number of hydrogen-bond donors (Lipinski definition) is 0. The van der Waals surface area contributed by atoms with Gasteiger partial charge in [-0.05, 0) is 50.1 Å². The van der Waals surface area contributed by atoms with E-state index in [9.17, 15) is 4.79 Å². The number of likely N-dealkylation sites (N-methyl/N-ethyl adjacent to an activating group) is 1. The monoisotopic (exact) mass is 344 g/mol. The molecular weight excluding hydrogens is 324 g/mol. The molecule has 3 heterocycles. The number of hydrogen-bond acceptors (Lipinski definition) is 3. The Balaban J connectivity index is 1.74. The first kappa shape index (κ1) is 15.7. The number of rotatable bonds is 2. The molecule has 2 aromatic rings.